The number of furan rings is 1. The van der Waals surface area contributed by atoms with Crippen LogP contribution in [0.25, 0.3) is 21.8 Å². The zero-order chi connectivity index (χ0) is 19.0. The Morgan fingerprint density at radius 1 is 1.15 bits per heavy atom. The minimum Gasteiger partial charge on any atom is -0.495 e. The summed E-state index contributed by atoms with van der Waals surface area (Å²) in [7, 11) is 1.57. The van der Waals surface area contributed by atoms with Crippen LogP contribution in [0, 0.1) is 13.8 Å². The largest absolute Gasteiger partial charge is 0.495 e. The Balaban J connectivity index is 1.75. The van der Waals surface area contributed by atoms with Gasteiger partial charge in [-0.25, -0.2) is 9.97 Å². The molecule has 1 aromatic carbocycles. The van der Waals surface area contributed by atoms with Gasteiger partial charge in [0.15, 0.2) is 11.6 Å². The zero-order valence-electron chi connectivity index (χ0n) is 15.1. The monoisotopic (exact) mass is 379 g/mol. The quantitative estimate of drug-likeness (QED) is 0.549. The second-order valence-electron chi connectivity index (χ2n) is 6.00. The van der Waals surface area contributed by atoms with Crippen molar-refractivity contribution < 1.29 is 13.9 Å². The summed E-state index contributed by atoms with van der Waals surface area (Å²) < 4.78 is 10.7. The second-order valence-corrected chi connectivity index (χ2v) is 7.00. The fourth-order valence-corrected chi connectivity index (χ4v) is 4.13. The summed E-state index contributed by atoms with van der Waals surface area (Å²) in [5.41, 5.74) is 2.31. The molecule has 136 valence electrons. The number of aryl methyl sites for hydroxylation is 2. The second kappa shape index (κ2) is 6.85. The van der Waals surface area contributed by atoms with E-state index in [-0.39, 0.29) is 5.91 Å². The third-order valence-corrected chi connectivity index (χ3v) is 5.46. The van der Waals surface area contributed by atoms with E-state index in [4.69, 9.17) is 9.15 Å². The number of carbonyl (C=O) groups is 1. The number of amides is 1. The number of nitrogens with zero attached hydrogens (tertiary/aromatic N) is 2. The van der Waals surface area contributed by atoms with Gasteiger partial charge < -0.3 is 14.5 Å². The predicted molar refractivity (Wildman–Crippen MR) is 106 cm³/mol. The number of thiophene rings is 1. The molecule has 1 N–H and O–H groups in total. The maximum absolute atomic E-state index is 12.9. The van der Waals surface area contributed by atoms with Crippen molar-refractivity contribution in [2.75, 3.05) is 12.4 Å². The van der Waals surface area contributed by atoms with Crippen LogP contribution >= 0.6 is 11.3 Å². The number of nitrogens with one attached hydrogen (secondary N) is 1. The van der Waals surface area contributed by atoms with Crippen molar-refractivity contribution in [3.05, 3.63) is 58.8 Å². The van der Waals surface area contributed by atoms with Crippen LogP contribution in [-0.4, -0.2) is 23.0 Å². The highest BCUT2D eigenvalue weighted by molar-refractivity contribution is 7.20. The van der Waals surface area contributed by atoms with Crippen molar-refractivity contribution in [1.82, 2.24) is 9.97 Å². The summed E-state index contributed by atoms with van der Waals surface area (Å²) in [5, 5.41) is 3.82. The molecular weight excluding hydrogens is 362 g/mol. The smallest absolute Gasteiger partial charge is 0.266 e. The van der Waals surface area contributed by atoms with Crippen molar-refractivity contribution in [2.24, 2.45) is 0 Å². The molecule has 4 rings (SSSR count). The Bertz CT molecular complexity index is 1130. The molecule has 0 atom stereocenters. The lowest BCUT2D eigenvalue weighted by molar-refractivity contribution is 0.102. The highest BCUT2D eigenvalue weighted by Gasteiger charge is 2.21. The van der Waals surface area contributed by atoms with Crippen molar-refractivity contribution in [1.29, 1.82) is 0 Å². The maximum Gasteiger partial charge on any atom is 0.266 e. The van der Waals surface area contributed by atoms with Crippen LogP contribution in [-0.2, 0) is 0 Å². The van der Waals surface area contributed by atoms with Crippen LogP contribution in [0.5, 0.6) is 5.75 Å². The number of benzene rings is 1. The Morgan fingerprint density at radius 2 is 1.96 bits per heavy atom. The molecule has 0 fully saturated rings. The molecule has 0 spiro atoms. The number of para-hydroxylation sites is 2. The lowest BCUT2D eigenvalue weighted by Crippen LogP contribution is -2.12. The number of aromatic nitrogens is 2. The molecule has 4 aromatic rings. The third kappa shape index (κ3) is 3.06. The van der Waals surface area contributed by atoms with Gasteiger partial charge in [-0.1, -0.05) is 12.1 Å². The van der Waals surface area contributed by atoms with Gasteiger partial charge in [0.25, 0.3) is 5.91 Å². The number of ether oxygens (including phenoxy) is 1. The molecule has 0 saturated carbocycles. The van der Waals surface area contributed by atoms with Gasteiger partial charge in [-0.05, 0) is 43.7 Å². The van der Waals surface area contributed by atoms with Crippen LogP contribution < -0.4 is 10.1 Å². The van der Waals surface area contributed by atoms with E-state index in [1.807, 2.05) is 32.0 Å². The molecule has 0 saturated heterocycles. The summed E-state index contributed by atoms with van der Waals surface area (Å²) in [6, 6.07) is 10.9. The number of anilines is 1. The molecule has 3 aromatic heterocycles. The first-order valence-corrected chi connectivity index (χ1v) is 9.16. The van der Waals surface area contributed by atoms with Gasteiger partial charge in [-0.3, -0.25) is 4.79 Å². The van der Waals surface area contributed by atoms with Gasteiger partial charge in [0.1, 0.15) is 10.6 Å². The number of carbonyl (C=O) groups excluding carboxylic acids is 1. The first kappa shape index (κ1) is 17.2. The number of fused-ring (bicyclic) bond motifs is 1. The number of methoxy groups -OCH3 is 1. The average Bonchev–Trinajstić information content (AvgIpc) is 3.30. The Hall–Kier alpha value is -3.19. The Labute approximate surface area is 159 Å². The molecule has 1 amide bonds. The highest BCUT2D eigenvalue weighted by Crippen LogP contribution is 2.34. The third-order valence-electron chi connectivity index (χ3n) is 4.27. The Morgan fingerprint density at radius 3 is 2.70 bits per heavy atom. The summed E-state index contributed by atoms with van der Waals surface area (Å²) in [4.78, 5) is 23.4. The van der Waals surface area contributed by atoms with Gasteiger partial charge in [-0.2, -0.15) is 0 Å². The Kier molecular flexibility index (Phi) is 4.37. The van der Waals surface area contributed by atoms with Gasteiger partial charge in [0.05, 0.1) is 29.6 Å². The molecule has 0 radical (unpaired) electrons. The van der Waals surface area contributed by atoms with Gasteiger partial charge in [-0.15, -0.1) is 11.3 Å². The topological polar surface area (TPSA) is 77.2 Å². The number of hydrogen-bond acceptors (Lipinski definition) is 6. The standard InChI is InChI=1S/C20H17N3O3S/c1-11-16-12(2)21-18(15-9-6-10-26-15)23-20(16)27-17(11)19(24)22-13-7-4-5-8-14(13)25-3/h4-10H,1-3H3,(H,22,24). The van der Waals surface area contributed by atoms with Crippen LogP contribution in [0.15, 0.2) is 47.1 Å². The summed E-state index contributed by atoms with van der Waals surface area (Å²) in [6.07, 6.45) is 1.59. The fourth-order valence-electron chi connectivity index (χ4n) is 3.00. The van der Waals surface area contributed by atoms with Crippen molar-refractivity contribution in [3.63, 3.8) is 0 Å². The highest BCUT2D eigenvalue weighted by atomic mass is 32.1. The van der Waals surface area contributed by atoms with Gasteiger partial charge in [0.2, 0.25) is 0 Å². The number of hydrogen-bond donors (Lipinski definition) is 1. The number of rotatable bonds is 4. The van der Waals surface area contributed by atoms with E-state index in [9.17, 15) is 4.79 Å². The van der Waals surface area contributed by atoms with Crippen LogP contribution in [0.4, 0.5) is 5.69 Å². The first-order chi connectivity index (χ1) is 13.1. The fraction of sp³-hybridized carbons (Fsp3) is 0.150. The van der Waals surface area contributed by atoms with E-state index in [0.29, 0.717) is 27.9 Å². The van der Waals surface area contributed by atoms with Crippen molar-refractivity contribution in [2.45, 2.75) is 13.8 Å². The molecular formula is C20H17N3O3S. The molecule has 3 heterocycles. The van der Waals surface area contributed by atoms with E-state index >= 15 is 0 Å². The molecule has 0 aliphatic heterocycles. The van der Waals surface area contributed by atoms with Crippen molar-refractivity contribution in [3.8, 4) is 17.3 Å². The van der Waals surface area contributed by atoms with E-state index in [2.05, 4.69) is 15.3 Å². The molecule has 6 nitrogen and oxygen atoms in total. The van der Waals surface area contributed by atoms with Crippen LogP contribution in [0.3, 0.4) is 0 Å². The summed E-state index contributed by atoms with van der Waals surface area (Å²) >= 11 is 1.34. The molecule has 0 unspecified atom stereocenters. The van der Waals surface area contributed by atoms with Crippen LogP contribution in [0.1, 0.15) is 20.9 Å². The molecule has 27 heavy (non-hydrogen) atoms. The van der Waals surface area contributed by atoms with Crippen molar-refractivity contribution >= 4 is 33.1 Å². The molecule has 0 aliphatic carbocycles. The lowest BCUT2D eigenvalue weighted by atomic mass is 10.1. The van der Waals surface area contributed by atoms with E-state index in [1.165, 1.54) is 11.3 Å². The summed E-state index contributed by atoms with van der Waals surface area (Å²) in [6.45, 7) is 3.83. The normalized spacial score (nSPS) is 10.9. The molecule has 0 aliphatic rings. The lowest BCUT2D eigenvalue weighted by Gasteiger charge is -2.09. The maximum atomic E-state index is 12.9. The van der Waals surface area contributed by atoms with E-state index in [1.54, 1.807) is 31.6 Å². The van der Waals surface area contributed by atoms with E-state index in [0.717, 1.165) is 21.5 Å². The van der Waals surface area contributed by atoms with E-state index < -0.39 is 0 Å². The average molecular weight is 379 g/mol. The molecule has 0 bridgehead atoms. The summed E-state index contributed by atoms with van der Waals surface area (Å²) in [5.74, 6) is 1.54. The zero-order valence-corrected chi connectivity index (χ0v) is 15.9. The molecule has 7 heteroatoms. The van der Waals surface area contributed by atoms with Gasteiger partial charge >= 0.3 is 0 Å². The van der Waals surface area contributed by atoms with Gasteiger partial charge in [0, 0.05) is 5.39 Å². The van der Waals surface area contributed by atoms with Crippen LogP contribution in [0.2, 0.25) is 0 Å². The SMILES string of the molecule is COc1ccccc1NC(=O)c1sc2nc(-c3ccco3)nc(C)c2c1C. The minimum atomic E-state index is -0.195. The first-order valence-electron chi connectivity index (χ1n) is 8.34. The minimum absolute atomic E-state index is 0.195. The predicted octanol–water partition coefficient (Wildman–Crippen LogP) is 4.83.